The summed E-state index contributed by atoms with van der Waals surface area (Å²) in [4.78, 5) is 56.6. The summed E-state index contributed by atoms with van der Waals surface area (Å²) in [5.74, 6) is -0.861. The van der Waals surface area contributed by atoms with Gasteiger partial charge in [0.25, 0.3) is 5.91 Å². The lowest BCUT2D eigenvalue weighted by molar-refractivity contribution is -0.137. The van der Waals surface area contributed by atoms with E-state index in [1.54, 1.807) is 38.4 Å². The van der Waals surface area contributed by atoms with E-state index >= 15 is 0 Å². The second-order valence-corrected chi connectivity index (χ2v) is 10.1. The van der Waals surface area contributed by atoms with Crippen LogP contribution in [0.4, 0.5) is 0 Å². The predicted molar refractivity (Wildman–Crippen MR) is 157 cm³/mol. The number of hydrogen-bond acceptors (Lipinski definition) is 6. The maximum atomic E-state index is 13.5. The minimum Gasteiger partial charge on any atom is -0.492 e. The van der Waals surface area contributed by atoms with Crippen LogP contribution >= 0.6 is 0 Å². The van der Waals surface area contributed by atoms with Gasteiger partial charge in [-0.1, -0.05) is 60.7 Å². The lowest BCUT2D eigenvalue weighted by atomic mass is 10.0. The number of fused-ring (bicyclic) bond motifs is 1. The Hall–Kier alpha value is -4.86. The molecule has 2 atom stereocenters. The van der Waals surface area contributed by atoms with Gasteiger partial charge in [0, 0.05) is 20.5 Å². The maximum Gasteiger partial charge on any atom is 0.255 e. The van der Waals surface area contributed by atoms with Crippen LogP contribution in [0.25, 0.3) is 0 Å². The zero-order chi connectivity index (χ0) is 29.9. The van der Waals surface area contributed by atoms with Crippen LogP contribution in [0.5, 0.6) is 11.5 Å². The summed E-state index contributed by atoms with van der Waals surface area (Å²) in [6.07, 6.45) is -0.0963. The highest BCUT2D eigenvalue weighted by atomic mass is 16.5. The van der Waals surface area contributed by atoms with Gasteiger partial charge < -0.3 is 29.9 Å². The number of ether oxygens (including phenoxy) is 2. The Morgan fingerprint density at radius 3 is 2.36 bits per heavy atom. The molecule has 0 radical (unpaired) electrons. The summed E-state index contributed by atoms with van der Waals surface area (Å²) in [5.41, 5.74) is 1.09. The lowest BCUT2D eigenvalue weighted by Gasteiger charge is -2.28. The first-order chi connectivity index (χ1) is 20.3. The third-order valence-corrected chi connectivity index (χ3v) is 6.92. The van der Waals surface area contributed by atoms with E-state index in [1.807, 2.05) is 60.7 Å². The zero-order valence-electron chi connectivity index (χ0n) is 23.8. The molecule has 3 aromatic rings. The van der Waals surface area contributed by atoms with Crippen molar-refractivity contribution in [1.82, 2.24) is 20.4 Å². The Bertz CT molecular complexity index is 1370. The van der Waals surface area contributed by atoms with Crippen LogP contribution in [-0.4, -0.2) is 85.9 Å². The monoisotopic (exact) mass is 572 g/mol. The van der Waals surface area contributed by atoms with Crippen molar-refractivity contribution in [2.45, 2.75) is 24.9 Å². The van der Waals surface area contributed by atoms with Gasteiger partial charge in [-0.3, -0.25) is 19.2 Å². The molecule has 10 nitrogen and oxygen atoms in total. The summed E-state index contributed by atoms with van der Waals surface area (Å²) in [5, 5.41) is 5.53. The Kier molecular flexibility index (Phi) is 10.5. The third-order valence-electron chi connectivity index (χ3n) is 6.92. The molecule has 4 rings (SSSR count). The molecule has 2 N–H and O–H groups in total. The minimum atomic E-state index is -1.19. The molecule has 3 aromatic carbocycles. The standard InChI is InChI=1S/C32H36N4O6/c1-35(17-19-41-24-13-7-4-8-14-24)32(40)27-22-29(37)33-26(21-23-11-5-3-6-12-23)31(39)36(2)18-20-42-28-16-10-9-15-25(28)30(38)34-27/h3-16,26-27H,17-22H2,1-2H3,(H,33,37)(H,34,38)/t26-,27+/m1/s1. The van der Waals surface area contributed by atoms with Crippen LogP contribution in [0.15, 0.2) is 84.9 Å². The first kappa shape index (κ1) is 30.1. The lowest BCUT2D eigenvalue weighted by Crippen LogP contribution is -2.53. The van der Waals surface area contributed by atoms with Crippen LogP contribution in [-0.2, 0) is 20.8 Å². The van der Waals surface area contributed by atoms with E-state index in [4.69, 9.17) is 9.47 Å². The van der Waals surface area contributed by atoms with Gasteiger partial charge in [-0.05, 0) is 29.8 Å². The zero-order valence-corrected chi connectivity index (χ0v) is 23.8. The molecule has 0 spiro atoms. The first-order valence-corrected chi connectivity index (χ1v) is 13.9. The average molecular weight is 573 g/mol. The molecule has 0 saturated carbocycles. The van der Waals surface area contributed by atoms with Crippen LogP contribution in [0.3, 0.4) is 0 Å². The van der Waals surface area contributed by atoms with Gasteiger partial charge in [-0.25, -0.2) is 0 Å². The van der Waals surface area contributed by atoms with Crippen LogP contribution in [0.1, 0.15) is 22.3 Å². The molecule has 0 bridgehead atoms. The first-order valence-electron chi connectivity index (χ1n) is 13.9. The summed E-state index contributed by atoms with van der Waals surface area (Å²) >= 11 is 0. The third kappa shape index (κ3) is 8.33. The van der Waals surface area contributed by atoms with E-state index in [0.717, 1.165) is 5.56 Å². The highest BCUT2D eigenvalue weighted by Crippen LogP contribution is 2.19. The van der Waals surface area contributed by atoms with Crippen molar-refractivity contribution in [3.8, 4) is 11.5 Å². The molecule has 1 heterocycles. The van der Waals surface area contributed by atoms with E-state index in [-0.39, 0.29) is 50.6 Å². The second-order valence-electron chi connectivity index (χ2n) is 10.1. The number of carbonyl (C=O) groups excluding carboxylic acids is 4. The number of rotatable bonds is 7. The number of hydrogen-bond donors (Lipinski definition) is 2. The number of nitrogens with one attached hydrogen (secondary N) is 2. The molecule has 0 aliphatic carbocycles. The molecule has 10 heteroatoms. The van der Waals surface area contributed by atoms with E-state index < -0.39 is 29.8 Å². The number of likely N-dealkylation sites (N-methyl/N-ethyl adjacent to an activating group) is 2. The van der Waals surface area contributed by atoms with Crippen molar-refractivity contribution in [2.24, 2.45) is 0 Å². The average Bonchev–Trinajstić information content (AvgIpc) is 3.00. The van der Waals surface area contributed by atoms with Crippen molar-refractivity contribution in [2.75, 3.05) is 40.4 Å². The molecule has 0 unspecified atom stereocenters. The van der Waals surface area contributed by atoms with Crippen LogP contribution in [0, 0.1) is 0 Å². The largest absolute Gasteiger partial charge is 0.492 e. The molecule has 1 aliphatic rings. The van der Waals surface area contributed by atoms with Gasteiger partial charge in [0.2, 0.25) is 17.7 Å². The summed E-state index contributed by atoms with van der Waals surface area (Å²) < 4.78 is 11.6. The van der Waals surface area contributed by atoms with Crippen LogP contribution in [0.2, 0.25) is 0 Å². The van der Waals surface area contributed by atoms with Crippen molar-refractivity contribution in [3.63, 3.8) is 0 Å². The number of carbonyl (C=O) groups is 4. The Morgan fingerprint density at radius 2 is 1.62 bits per heavy atom. The van der Waals surface area contributed by atoms with Crippen molar-refractivity contribution < 1.29 is 28.7 Å². The normalized spacial score (nSPS) is 18.0. The van der Waals surface area contributed by atoms with Crippen molar-refractivity contribution in [3.05, 3.63) is 96.1 Å². The number of amides is 4. The Labute approximate surface area is 245 Å². The van der Waals surface area contributed by atoms with Gasteiger partial charge in [-0.2, -0.15) is 0 Å². The molecular weight excluding hydrogens is 536 g/mol. The second kappa shape index (κ2) is 14.7. The molecule has 220 valence electrons. The van der Waals surface area contributed by atoms with Gasteiger partial charge >= 0.3 is 0 Å². The summed E-state index contributed by atoms with van der Waals surface area (Å²) in [7, 11) is 3.22. The van der Waals surface area contributed by atoms with Gasteiger partial charge in [0.05, 0.1) is 25.1 Å². The number of benzene rings is 3. The van der Waals surface area contributed by atoms with Crippen LogP contribution < -0.4 is 20.1 Å². The Balaban J connectivity index is 1.55. The fraction of sp³-hybridized carbons (Fsp3) is 0.312. The number of para-hydroxylation sites is 2. The van der Waals surface area contributed by atoms with Gasteiger partial charge in [0.15, 0.2) is 0 Å². The Morgan fingerprint density at radius 1 is 0.952 bits per heavy atom. The van der Waals surface area contributed by atoms with E-state index in [1.165, 1.54) is 9.80 Å². The van der Waals surface area contributed by atoms with E-state index in [0.29, 0.717) is 11.5 Å². The van der Waals surface area contributed by atoms with Gasteiger partial charge in [0.1, 0.15) is 36.8 Å². The summed E-state index contributed by atoms with van der Waals surface area (Å²) in [6.45, 7) is 0.815. The molecular formula is C32H36N4O6. The fourth-order valence-electron chi connectivity index (χ4n) is 4.57. The fourth-order valence-corrected chi connectivity index (χ4v) is 4.57. The smallest absolute Gasteiger partial charge is 0.255 e. The molecule has 0 saturated heterocycles. The highest BCUT2D eigenvalue weighted by Gasteiger charge is 2.31. The van der Waals surface area contributed by atoms with Gasteiger partial charge in [-0.15, -0.1) is 0 Å². The SMILES string of the molecule is CN(CCOc1ccccc1)C(=O)[C@@H]1CC(=O)N[C@H](Cc2ccccc2)C(=O)N(C)CCOc2ccccc2C(=O)N1. The molecule has 4 amide bonds. The maximum absolute atomic E-state index is 13.5. The molecule has 0 fully saturated rings. The van der Waals surface area contributed by atoms with E-state index in [2.05, 4.69) is 10.6 Å². The van der Waals surface area contributed by atoms with E-state index in [9.17, 15) is 19.2 Å². The quantitative estimate of drug-likeness (QED) is 0.449. The van der Waals surface area contributed by atoms with Crippen molar-refractivity contribution >= 4 is 23.6 Å². The van der Waals surface area contributed by atoms with Crippen molar-refractivity contribution in [1.29, 1.82) is 0 Å². The topological polar surface area (TPSA) is 117 Å². The molecule has 1 aliphatic heterocycles. The summed E-state index contributed by atoms with van der Waals surface area (Å²) in [6, 6.07) is 23.1. The highest BCUT2D eigenvalue weighted by molar-refractivity contribution is 6.01. The number of nitrogens with zero attached hydrogens (tertiary/aromatic N) is 2. The minimum absolute atomic E-state index is 0.130. The molecule has 42 heavy (non-hydrogen) atoms. The predicted octanol–water partition coefficient (Wildman–Crippen LogP) is 2.29. The molecule has 0 aromatic heterocycles.